The van der Waals surface area contributed by atoms with Gasteiger partial charge < -0.3 is 0 Å². The van der Waals surface area contributed by atoms with E-state index < -0.39 is 0 Å². The molecule has 1 heterocycles. The fourth-order valence-electron chi connectivity index (χ4n) is 3.08. The van der Waals surface area contributed by atoms with Crippen molar-refractivity contribution in [2.24, 2.45) is 5.92 Å². The van der Waals surface area contributed by atoms with Gasteiger partial charge in [-0.05, 0) is 52.0 Å². The largest absolute Gasteiger partial charge is 0.274 e. The van der Waals surface area contributed by atoms with E-state index in [0.29, 0.717) is 5.69 Å². The van der Waals surface area contributed by atoms with Gasteiger partial charge in [0.2, 0.25) is 11.8 Å². The first-order valence-corrected chi connectivity index (χ1v) is 8.46. The van der Waals surface area contributed by atoms with E-state index >= 15 is 0 Å². The van der Waals surface area contributed by atoms with Crippen LogP contribution in [0.3, 0.4) is 0 Å². The van der Waals surface area contributed by atoms with E-state index in [9.17, 15) is 9.59 Å². The Labute approximate surface area is 144 Å². The smallest absolute Gasteiger partial charge is 0.238 e. The number of imide groups is 1. The van der Waals surface area contributed by atoms with Crippen molar-refractivity contribution in [2.75, 3.05) is 4.90 Å². The number of rotatable bonds is 3. The predicted molar refractivity (Wildman–Crippen MR) is 94.3 cm³/mol. The van der Waals surface area contributed by atoms with Gasteiger partial charge in [-0.3, -0.25) is 9.59 Å². The molecule has 1 aliphatic rings. The number of benzene rings is 2. The van der Waals surface area contributed by atoms with Crippen LogP contribution in [-0.4, -0.2) is 11.8 Å². The number of hydrogen-bond acceptors (Lipinski definition) is 2. The number of halogens is 1. The molecule has 0 aromatic heterocycles. The summed E-state index contributed by atoms with van der Waals surface area (Å²) in [4.78, 5) is 26.6. The van der Waals surface area contributed by atoms with Crippen molar-refractivity contribution >= 4 is 33.4 Å². The van der Waals surface area contributed by atoms with Crippen molar-refractivity contribution in [3.63, 3.8) is 0 Å². The van der Waals surface area contributed by atoms with Gasteiger partial charge in [-0.1, -0.05) is 43.3 Å². The zero-order valence-electron chi connectivity index (χ0n) is 13.1. The molecular formula is C19H18BrNO2. The highest BCUT2D eigenvalue weighted by molar-refractivity contribution is 9.10. The Kier molecular flexibility index (Phi) is 4.35. The molecule has 2 amide bonds. The zero-order chi connectivity index (χ0) is 16.6. The molecule has 2 aromatic carbocycles. The Bertz CT molecular complexity index is 757. The van der Waals surface area contributed by atoms with E-state index in [0.717, 1.165) is 15.6 Å². The van der Waals surface area contributed by atoms with Gasteiger partial charge in [-0.25, -0.2) is 4.90 Å². The van der Waals surface area contributed by atoms with Gasteiger partial charge in [0.05, 0.1) is 11.6 Å². The molecular weight excluding hydrogens is 354 g/mol. The first-order chi connectivity index (χ1) is 11.0. The van der Waals surface area contributed by atoms with Crippen molar-refractivity contribution in [3.8, 4) is 0 Å². The Morgan fingerprint density at radius 1 is 1.13 bits per heavy atom. The van der Waals surface area contributed by atoms with Crippen molar-refractivity contribution in [3.05, 3.63) is 64.1 Å². The molecule has 118 valence electrons. The quantitative estimate of drug-likeness (QED) is 0.747. The zero-order valence-corrected chi connectivity index (χ0v) is 14.7. The average molecular weight is 372 g/mol. The van der Waals surface area contributed by atoms with Crippen LogP contribution in [0.1, 0.15) is 30.4 Å². The summed E-state index contributed by atoms with van der Waals surface area (Å²) in [6.07, 6.45) is 0.259. The molecule has 0 bridgehead atoms. The maximum Gasteiger partial charge on any atom is 0.238 e. The minimum atomic E-state index is -0.307. The molecule has 0 aliphatic carbocycles. The van der Waals surface area contributed by atoms with Gasteiger partial charge in [-0.2, -0.15) is 0 Å². The van der Waals surface area contributed by atoms with Crippen LogP contribution in [0.15, 0.2) is 53.0 Å². The lowest BCUT2D eigenvalue weighted by atomic mass is 9.86. The second-order valence-electron chi connectivity index (χ2n) is 6.03. The monoisotopic (exact) mass is 371 g/mol. The summed E-state index contributed by atoms with van der Waals surface area (Å²) < 4.78 is 0.771. The predicted octanol–water partition coefficient (Wildman–Crippen LogP) is 4.44. The van der Waals surface area contributed by atoms with Crippen molar-refractivity contribution in [2.45, 2.75) is 26.2 Å². The fraction of sp³-hybridized carbons (Fsp3) is 0.263. The molecule has 3 nitrogen and oxygen atoms in total. The SMILES string of the molecule is Cc1ccc(N2C(=O)C[C@H]([C@@H](C)c3ccccc3)C2=O)c(Br)c1. The molecule has 23 heavy (non-hydrogen) atoms. The minimum absolute atomic E-state index is 0.0156. The standard InChI is InChI=1S/C19H18BrNO2/c1-12-8-9-17(16(20)10-12)21-18(22)11-15(19(21)23)13(2)14-6-4-3-5-7-14/h3-10,13,15H,11H2,1-2H3/t13-,15+/m0/s1. The lowest BCUT2D eigenvalue weighted by molar-refractivity contribution is -0.122. The van der Waals surface area contributed by atoms with Gasteiger partial charge in [0.15, 0.2) is 0 Å². The second-order valence-corrected chi connectivity index (χ2v) is 6.89. The van der Waals surface area contributed by atoms with Crippen molar-refractivity contribution in [1.82, 2.24) is 0 Å². The van der Waals surface area contributed by atoms with Gasteiger partial charge in [-0.15, -0.1) is 0 Å². The first-order valence-electron chi connectivity index (χ1n) is 7.67. The molecule has 1 fully saturated rings. The Balaban J connectivity index is 1.91. The molecule has 0 spiro atoms. The molecule has 1 aliphatic heterocycles. The van der Waals surface area contributed by atoms with Crippen LogP contribution in [0.2, 0.25) is 0 Å². The molecule has 2 atom stereocenters. The maximum absolute atomic E-state index is 12.9. The van der Waals surface area contributed by atoms with Crippen LogP contribution in [-0.2, 0) is 9.59 Å². The number of carbonyl (C=O) groups excluding carboxylic acids is 2. The van der Waals surface area contributed by atoms with Crippen molar-refractivity contribution < 1.29 is 9.59 Å². The number of aryl methyl sites for hydroxylation is 1. The number of anilines is 1. The third-order valence-corrected chi connectivity index (χ3v) is 5.09. The molecule has 0 unspecified atom stereocenters. The van der Waals surface area contributed by atoms with E-state index in [1.54, 1.807) is 0 Å². The van der Waals surface area contributed by atoms with E-state index in [1.165, 1.54) is 4.90 Å². The van der Waals surface area contributed by atoms with E-state index in [2.05, 4.69) is 15.9 Å². The normalized spacial score (nSPS) is 19.3. The summed E-state index contributed by atoms with van der Waals surface area (Å²) in [5, 5.41) is 0. The Morgan fingerprint density at radius 2 is 1.83 bits per heavy atom. The summed E-state index contributed by atoms with van der Waals surface area (Å²) in [5.41, 5.74) is 2.80. The minimum Gasteiger partial charge on any atom is -0.274 e. The van der Waals surface area contributed by atoms with Crippen LogP contribution < -0.4 is 4.90 Å². The molecule has 3 rings (SSSR count). The van der Waals surface area contributed by atoms with Gasteiger partial charge in [0, 0.05) is 10.9 Å². The van der Waals surface area contributed by atoms with Crippen LogP contribution >= 0.6 is 15.9 Å². The lowest BCUT2D eigenvalue weighted by Crippen LogP contribution is -2.31. The van der Waals surface area contributed by atoms with E-state index in [4.69, 9.17) is 0 Å². The first kappa shape index (κ1) is 15.9. The van der Waals surface area contributed by atoms with Crippen molar-refractivity contribution in [1.29, 1.82) is 0 Å². The molecule has 0 saturated carbocycles. The summed E-state index contributed by atoms with van der Waals surface area (Å²) in [6, 6.07) is 15.5. The van der Waals surface area contributed by atoms with E-state index in [1.807, 2.05) is 62.4 Å². The second kappa shape index (κ2) is 6.28. The maximum atomic E-state index is 12.9. The summed E-state index contributed by atoms with van der Waals surface area (Å²) in [7, 11) is 0. The van der Waals surface area contributed by atoms with Crippen LogP contribution in [0, 0.1) is 12.8 Å². The Morgan fingerprint density at radius 3 is 2.48 bits per heavy atom. The molecule has 4 heteroatoms. The average Bonchev–Trinajstić information content (AvgIpc) is 2.83. The highest BCUT2D eigenvalue weighted by Gasteiger charge is 2.43. The lowest BCUT2D eigenvalue weighted by Gasteiger charge is -2.20. The third-order valence-electron chi connectivity index (χ3n) is 4.45. The Hall–Kier alpha value is -1.94. The number of amides is 2. The van der Waals surface area contributed by atoms with E-state index in [-0.39, 0.29) is 30.1 Å². The highest BCUT2D eigenvalue weighted by Crippen LogP contribution is 2.38. The van der Waals surface area contributed by atoms with Gasteiger partial charge >= 0.3 is 0 Å². The number of nitrogens with zero attached hydrogens (tertiary/aromatic N) is 1. The van der Waals surface area contributed by atoms with Gasteiger partial charge in [0.1, 0.15) is 0 Å². The summed E-state index contributed by atoms with van der Waals surface area (Å²) in [6.45, 7) is 3.99. The van der Waals surface area contributed by atoms with Crippen LogP contribution in [0.4, 0.5) is 5.69 Å². The third kappa shape index (κ3) is 2.95. The summed E-state index contributed by atoms with van der Waals surface area (Å²) in [5.74, 6) is -0.539. The topological polar surface area (TPSA) is 37.4 Å². The van der Waals surface area contributed by atoms with Crippen LogP contribution in [0.25, 0.3) is 0 Å². The molecule has 0 N–H and O–H groups in total. The fourth-order valence-corrected chi connectivity index (χ4v) is 3.75. The van der Waals surface area contributed by atoms with Gasteiger partial charge in [0.25, 0.3) is 0 Å². The molecule has 0 radical (unpaired) electrons. The highest BCUT2D eigenvalue weighted by atomic mass is 79.9. The van der Waals surface area contributed by atoms with Crippen LogP contribution in [0.5, 0.6) is 0 Å². The number of hydrogen-bond donors (Lipinski definition) is 0. The molecule has 1 saturated heterocycles. The molecule has 2 aromatic rings. The number of carbonyl (C=O) groups is 2. The summed E-state index contributed by atoms with van der Waals surface area (Å²) >= 11 is 3.47.